The third kappa shape index (κ3) is 3.19. The van der Waals surface area contributed by atoms with Crippen molar-refractivity contribution in [1.82, 2.24) is 0 Å². The van der Waals surface area contributed by atoms with Crippen LogP contribution in [0.2, 0.25) is 5.02 Å². The highest BCUT2D eigenvalue weighted by Gasteiger charge is 2.45. The van der Waals surface area contributed by atoms with Crippen LogP contribution in [-0.2, 0) is 4.74 Å². The van der Waals surface area contributed by atoms with Crippen LogP contribution in [0.4, 0.5) is 0 Å². The molecule has 5 rings (SSSR count). The van der Waals surface area contributed by atoms with Crippen molar-refractivity contribution in [3.05, 3.63) is 39.7 Å². The Hall–Kier alpha value is -2.60. The first-order valence-electron chi connectivity index (χ1n) is 9.35. The third-order valence-electron chi connectivity index (χ3n) is 5.37. The summed E-state index contributed by atoms with van der Waals surface area (Å²) < 4.78 is 27.0. The molecule has 3 aromatic rings. The van der Waals surface area contributed by atoms with Crippen LogP contribution < -0.4 is 19.8 Å². The van der Waals surface area contributed by atoms with Crippen molar-refractivity contribution in [1.29, 1.82) is 0 Å². The molecule has 31 heavy (non-hydrogen) atoms. The van der Waals surface area contributed by atoms with Crippen LogP contribution in [0.3, 0.4) is 0 Å². The van der Waals surface area contributed by atoms with Crippen LogP contribution >= 0.6 is 11.6 Å². The Bertz CT molecular complexity index is 1220. The molecule has 1 fully saturated rings. The molecule has 3 heterocycles. The van der Waals surface area contributed by atoms with Gasteiger partial charge in [0.15, 0.2) is 17.1 Å². The minimum Gasteiger partial charge on any atom is -0.460 e. The number of hydrogen-bond donors (Lipinski definition) is 4. The van der Waals surface area contributed by atoms with E-state index in [2.05, 4.69) is 0 Å². The molecule has 11 heteroatoms. The Morgan fingerprint density at radius 3 is 2.42 bits per heavy atom. The minimum atomic E-state index is -1.62. The maximum Gasteiger partial charge on any atom is 0.344 e. The van der Waals surface area contributed by atoms with Crippen LogP contribution in [0.5, 0.6) is 17.2 Å². The lowest BCUT2D eigenvalue weighted by Crippen LogP contribution is -2.60. The van der Waals surface area contributed by atoms with E-state index >= 15 is 0 Å². The van der Waals surface area contributed by atoms with Crippen molar-refractivity contribution in [2.75, 3.05) is 13.4 Å². The van der Waals surface area contributed by atoms with Gasteiger partial charge in [-0.05, 0) is 24.3 Å². The molecule has 0 amide bonds. The molecular formula is C20H17ClO10. The Kier molecular flexibility index (Phi) is 4.93. The second kappa shape index (κ2) is 7.52. The van der Waals surface area contributed by atoms with Gasteiger partial charge in [0.25, 0.3) is 0 Å². The van der Waals surface area contributed by atoms with E-state index < -0.39 is 42.9 Å². The highest BCUT2D eigenvalue weighted by atomic mass is 35.5. The van der Waals surface area contributed by atoms with Crippen LogP contribution in [-0.4, -0.2) is 64.5 Å². The van der Waals surface area contributed by atoms with Gasteiger partial charge in [0.2, 0.25) is 13.1 Å². The lowest BCUT2D eigenvalue weighted by Gasteiger charge is -2.39. The maximum atomic E-state index is 12.5. The van der Waals surface area contributed by atoms with E-state index in [9.17, 15) is 25.2 Å². The molecule has 0 unspecified atom stereocenters. The fourth-order valence-electron chi connectivity index (χ4n) is 3.71. The number of halogens is 1. The second-order valence-corrected chi connectivity index (χ2v) is 7.59. The molecule has 0 saturated carbocycles. The van der Waals surface area contributed by atoms with Crippen LogP contribution in [0.15, 0.2) is 33.5 Å². The Morgan fingerprint density at radius 1 is 1.00 bits per heavy atom. The van der Waals surface area contributed by atoms with E-state index in [1.165, 1.54) is 12.1 Å². The molecule has 0 aliphatic carbocycles. The zero-order chi connectivity index (χ0) is 21.9. The lowest BCUT2D eigenvalue weighted by molar-refractivity contribution is -0.277. The number of hydrogen-bond acceptors (Lipinski definition) is 10. The topological polar surface area (TPSA) is 148 Å². The lowest BCUT2D eigenvalue weighted by atomic mass is 9.99. The largest absolute Gasteiger partial charge is 0.460 e. The summed E-state index contributed by atoms with van der Waals surface area (Å²) in [6.07, 6.45) is -7.33. The van der Waals surface area contributed by atoms with Gasteiger partial charge in [-0.2, -0.15) is 0 Å². The Balaban J connectivity index is 1.57. The molecule has 2 aliphatic heterocycles. The molecule has 2 aliphatic rings. The van der Waals surface area contributed by atoms with Crippen LogP contribution in [0.1, 0.15) is 0 Å². The zero-order valence-corrected chi connectivity index (χ0v) is 16.5. The summed E-state index contributed by atoms with van der Waals surface area (Å²) in [5.74, 6) is 0.923. The Labute approximate surface area is 178 Å². The van der Waals surface area contributed by atoms with Gasteiger partial charge in [0.05, 0.1) is 12.0 Å². The fourth-order valence-corrected chi connectivity index (χ4v) is 3.96. The van der Waals surface area contributed by atoms with Gasteiger partial charge in [-0.3, -0.25) is 0 Å². The first kappa shape index (κ1) is 20.3. The van der Waals surface area contributed by atoms with E-state index in [1.54, 1.807) is 12.1 Å². The predicted octanol–water partition coefficient (Wildman–Crippen LogP) is 0.507. The normalized spacial score (nSPS) is 27.7. The summed E-state index contributed by atoms with van der Waals surface area (Å²) in [4.78, 5) is 12.5. The molecule has 0 bridgehead atoms. The minimum absolute atomic E-state index is 0.00161. The van der Waals surface area contributed by atoms with Crippen molar-refractivity contribution in [3.8, 4) is 17.2 Å². The molecule has 1 saturated heterocycles. The van der Waals surface area contributed by atoms with E-state index in [-0.39, 0.29) is 28.5 Å². The summed E-state index contributed by atoms with van der Waals surface area (Å²) in [6, 6.07) is 6.28. The number of fused-ring (bicyclic) bond motifs is 4. The first-order chi connectivity index (χ1) is 14.9. The van der Waals surface area contributed by atoms with Gasteiger partial charge in [-0.25, -0.2) is 4.79 Å². The number of aliphatic hydroxyl groups excluding tert-OH is 4. The van der Waals surface area contributed by atoms with Crippen molar-refractivity contribution in [2.45, 2.75) is 30.7 Å². The average molecular weight is 453 g/mol. The second-order valence-electron chi connectivity index (χ2n) is 7.21. The summed E-state index contributed by atoms with van der Waals surface area (Å²) in [5, 5.41) is 40.6. The molecule has 164 valence electrons. The fraction of sp³-hybridized carbons (Fsp3) is 0.350. The predicted molar refractivity (Wildman–Crippen MR) is 106 cm³/mol. The van der Waals surface area contributed by atoms with Gasteiger partial charge in [-0.15, -0.1) is 0 Å². The maximum absolute atomic E-state index is 12.5. The van der Waals surface area contributed by atoms with E-state index in [0.29, 0.717) is 22.3 Å². The molecular weight excluding hydrogens is 436 g/mol. The molecule has 2 aromatic carbocycles. The smallest absolute Gasteiger partial charge is 0.344 e. The van der Waals surface area contributed by atoms with E-state index in [4.69, 9.17) is 35.0 Å². The molecule has 10 nitrogen and oxygen atoms in total. The third-order valence-corrected chi connectivity index (χ3v) is 5.73. The van der Waals surface area contributed by atoms with Crippen molar-refractivity contribution >= 4 is 33.3 Å². The van der Waals surface area contributed by atoms with Crippen LogP contribution in [0, 0.1) is 0 Å². The van der Waals surface area contributed by atoms with Crippen molar-refractivity contribution < 1.29 is 43.8 Å². The first-order valence-corrected chi connectivity index (χ1v) is 9.72. The van der Waals surface area contributed by atoms with Gasteiger partial charge in [0, 0.05) is 10.8 Å². The monoisotopic (exact) mass is 452 g/mol. The van der Waals surface area contributed by atoms with Gasteiger partial charge < -0.3 is 43.8 Å². The molecule has 5 atom stereocenters. The highest BCUT2D eigenvalue weighted by molar-refractivity contribution is 6.37. The van der Waals surface area contributed by atoms with Gasteiger partial charge in [0.1, 0.15) is 35.2 Å². The molecule has 0 radical (unpaired) electrons. The average Bonchev–Trinajstić information content (AvgIpc) is 3.23. The van der Waals surface area contributed by atoms with Crippen molar-refractivity contribution in [3.63, 3.8) is 0 Å². The van der Waals surface area contributed by atoms with Gasteiger partial charge >= 0.3 is 5.63 Å². The molecule has 4 N–H and O–H groups in total. The van der Waals surface area contributed by atoms with Gasteiger partial charge in [-0.1, -0.05) is 11.6 Å². The zero-order valence-electron chi connectivity index (χ0n) is 15.7. The van der Waals surface area contributed by atoms with E-state index in [0.717, 1.165) is 0 Å². The molecule has 0 spiro atoms. The summed E-state index contributed by atoms with van der Waals surface area (Å²) in [6.45, 7) is -0.556. The highest BCUT2D eigenvalue weighted by Crippen LogP contribution is 2.41. The number of rotatable bonds is 3. The quantitative estimate of drug-likeness (QED) is 0.327. The summed E-state index contributed by atoms with van der Waals surface area (Å²) in [5.41, 5.74) is -0.604. The SMILES string of the molecule is O=c1oc2c(Cl)c(O[C@@H]3O[C@H](CO)[C@@H](O)[C@H](O)[C@H]3O)ccc2c2cc3c(cc12)OCO3. The summed E-state index contributed by atoms with van der Waals surface area (Å²) >= 11 is 6.42. The summed E-state index contributed by atoms with van der Waals surface area (Å²) in [7, 11) is 0. The Morgan fingerprint density at radius 2 is 1.71 bits per heavy atom. The number of aliphatic hydroxyl groups is 4. The number of benzene rings is 2. The molecule has 1 aromatic heterocycles. The number of ether oxygens (including phenoxy) is 4. The standard InChI is InChI=1S/C20H17ClO10/c21-14-10(29-20-17(25)16(24)15(23)13(5-22)30-20)2-1-7-8-3-11-12(28-6-27-11)4-9(8)19(26)31-18(7)14/h1-4,13,15-17,20,22-25H,5-6H2/t13-,15-,16+,17-,20-/m1/s1. The van der Waals surface area contributed by atoms with E-state index in [1.807, 2.05) is 0 Å². The van der Waals surface area contributed by atoms with Crippen LogP contribution in [0.25, 0.3) is 21.7 Å². The van der Waals surface area contributed by atoms with Crippen molar-refractivity contribution in [2.24, 2.45) is 0 Å².